The summed E-state index contributed by atoms with van der Waals surface area (Å²) in [7, 11) is 1.50. The Morgan fingerprint density at radius 2 is 1.97 bits per heavy atom. The summed E-state index contributed by atoms with van der Waals surface area (Å²) in [6, 6.07) is 14.1. The molecule has 0 aliphatic carbocycles. The van der Waals surface area contributed by atoms with E-state index in [1.54, 1.807) is 42.6 Å². The Kier molecular flexibility index (Phi) is 5.50. The fraction of sp³-hybridized carbons (Fsp3) is 0.0476. The molecule has 0 spiro atoms. The van der Waals surface area contributed by atoms with E-state index >= 15 is 0 Å². The molecule has 0 aliphatic heterocycles. The molecule has 2 aromatic heterocycles. The number of aromatic hydroxyl groups is 1. The maximum atomic E-state index is 9.92. The minimum atomic E-state index is 0.0563. The molecule has 146 valence electrons. The number of phenols is 1. The van der Waals surface area contributed by atoms with Gasteiger partial charge in [0.2, 0.25) is 0 Å². The molecule has 29 heavy (non-hydrogen) atoms. The van der Waals surface area contributed by atoms with Gasteiger partial charge in [0.15, 0.2) is 17.3 Å². The first-order chi connectivity index (χ1) is 14.0. The number of fused-ring (bicyclic) bond motifs is 1. The lowest BCUT2D eigenvalue weighted by Crippen LogP contribution is -1.88. The lowest BCUT2D eigenvalue weighted by molar-refractivity contribution is 0.373. The number of rotatable bonds is 4. The number of aliphatic imine (C=N–C) groups is 1. The molecule has 4 aromatic rings. The highest BCUT2D eigenvalue weighted by molar-refractivity contribution is 9.10. The number of imidazole rings is 1. The minimum Gasteiger partial charge on any atom is -0.504 e. The quantitative estimate of drug-likeness (QED) is 0.330. The zero-order valence-electron chi connectivity index (χ0n) is 15.1. The van der Waals surface area contributed by atoms with Crippen molar-refractivity contribution < 1.29 is 9.84 Å². The fourth-order valence-corrected chi connectivity index (χ4v) is 3.68. The van der Waals surface area contributed by atoms with Crippen LogP contribution in [0.4, 0.5) is 5.82 Å². The van der Waals surface area contributed by atoms with Gasteiger partial charge in [-0.25, -0.2) is 9.98 Å². The Balaban J connectivity index is 1.90. The van der Waals surface area contributed by atoms with Crippen molar-refractivity contribution in [3.05, 3.63) is 74.8 Å². The van der Waals surface area contributed by atoms with Gasteiger partial charge in [0, 0.05) is 33.0 Å². The summed E-state index contributed by atoms with van der Waals surface area (Å²) in [5, 5.41) is 11.0. The molecule has 4 rings (SSSR count). The molecule has 0 bridgehead atoms. The van der Waals surface area contributed by atoms with Crippen molar-refractivity contribution in [3.63, 3.8) is 0 Å². The topological polar surface area (TPSA) is 59.1 Å². The van der Waals surface area contributed by atoms with Gasteiger partial charge in [-0.2, -0.15) is 0 Å². The van der Waals surface area contributed by atoms with Gasteiger partial charge in [-0.15, -0.1) is 0 Å². The smallest absolute Gasteiger partial charge is 0.165 e. The second kappa shape index (κ2) is 8.06. The molecular weight excluding hydrogens is 477 g/mol. The molecule has 0 aliphatic rings. The number of halogens is 3. The van der Waals surface area contributed by atoms with E-state index in [1.807, 2.05) is 22.7 Å². The summed E-state index contributed by atoms with van der Waals surface area (Å²) in [6.45, 7) is 0. The Bertz CT molecular complexity index is 1250. The van der Waals surface area contributed by atoms with Crippen LogP contribution in [0.3, 0.4) is 0 Å². The van der Waals surface area contributed by atoms with Crippen molar-refractivity contribution in [2.24, 2.45) is 4.99 Å². The van der Waals surface area contributed by atoms with Crippen LogP contribution >= 0.6 is 39.1 Å². The highest BCUT2D eigenvalue weighted by Gasteiger charge is 2.16. The molecule has 0 saturated carbocycles. The van der Waals surface area contributed by atoms with Gasteiger partial charge in [-0.1, -0.05) is 29.3 Å². The predicted octanol–water partition coefficient (Wildman–Crippen LogP) is 6.54. The van der Waals surface area contributed by atoms with Gasteiger partial charge in [-0.05, 0) is 58.4 Å². The second-order valence-electron chi connectivity index (χ2n) is 6.17. The predicted molar refractivity (Wildman–Crippen MR) is 120 cm³/mol. The molecule has 0 atom stereocenters. The molecular formula is C21H14BrCl2N3O2. The lowest BCUT2D eigenvalue weighted by Gasteiger charge is -2.06. The van der Waals surface area contributed by atoms with Crippen LogP contribution in [-0.4, -0.2) is 27.8 Å². The Labute approximate surface area is 185 Å². The Hall–Kier alpha value is -2.54. The zero-order chi connectivity index (χ0) is 20.5. The summed E-state index contributed by atoms with van der Waals surface area (Å²) in [5.74, 6) is 1.03. The van der Waals surface area contributed by atoms with Crippen LogP contribution in [0.15, 0.2) is 64.2 Å². The zero-order valence-corrected chi connectivity index (χ0v) is 18.2. The van der Waals surface area contributed by atoms with Crippen molar-refractivity contribution >= 4 is 56.8 Å². The lowest BCUT2D eigenvalue weighted by atomic mass is 10.1. The highest BCUT2D eigenvalue weighted by atomic mass is 79.9. The number of hydrogen-bond donors (Lipinski definition) is 1. The summed E-state index contributed by atoms with van der Waals surface area (Å²) in [5.41, 5.74) is 2.86. The van der Waals surface area contributed by atoms with E-state index < -0.39 is 0 Å². The average molecular weight is 491 g/mol. The maximum absolute atomic E-state index is 9.92. The standard InChI is InChI=1S/C21H14BrCl2N3O2/c1-29-18-8-12(3-6-17(18)28)20-21(27-11-14(22)4-7-19(27)26-20)25-10-13-2-5-15(23)9-16(13)24/h2-11,28H,1H3. The van der Waals surface area contributed by atoms with E-state index in [1.165, 1.54) is 7.11 Å². The number of pyridine rings is 1. The van der Waals surface area contributed by atoms with E-state index in [9.17, 15) is 5.11 Å². The third-order valence-corrected chi connectivity index (χ3v) is 5.33. The van der Waals surface area contributed by atoms with Crippen LogP contribution in [0.25, 0.3) is 16.9 Å². The van der Waals surface area contributed by atoms with Crippen LogP contribution < -0.4 is 4.74 Å². The summed E-state index contributed by atoms with van der Waals surface area (Å²) in [6.07, 6.45) is 3.56. The van der Waals surface area contributed by atoms with Crippen molar-refractivity contribution in [2.75, 3.05) is 7.11 Å². The summed E-state index contributed by atoms with van der Waals surface area (Å²) in [4.78, 5) is 9.39. The Morgan fingerprint density at radius 1 is 1.14 bits per heavy atom. The van der Waals surface area contributed by atoms with E-state index in [4.69, 9.17) is 32.9 Å². The summed E-state index contributed by atoms with van der Waals surface area (Å²) < 4.78 is 8.00. The molecule has 0 radical (unpaired) electrons. The van der Waals surface area contributed by atoms with Crippen LogP contribution in [-0.2, 0) is 0 Å². The number of hydrogen-bond acceptors (Lipinski definition) is 4. The van der Waals surface area contributed by atoms with E-state index in [2.05, 4.69) is 20.9 Å². The SMILES string of the molecule is COc1cc(-c2nc3ccc(Br)cn3c2N=Cc2ccc(Cl)cc2Cl)ccc1O. The van der Waals surface area contributed by atoms with Crippen molar-refractivity contribution in [1.82, 2.24) is 9.38 Å². The van der Waals surface area contributed by atoms with E-state index in [0.717, 1.165) is 21.2 Å². The van der Waals surface area contributed by atoms with E-state index in [-0.39, 0.29) is 5.75 Å². The number of benzene rings is 2. The first-order valence-corrected chi connectivity index (χ1v) is 10.1. The van der Waals surface area contributed by atoms with Gasteiger partial charge < -0.3 is 9.84 Å². The number of methoxy groups -OCH3 is 1. The molecule has 8 heteroatoms. The number of nitrogens with zero attached hydrogens (tertiary/aromatic N) is 3. The Morgan fingerprint density at radius 3 is 2.72 bits per heavy atom. The van der Waals surface area contributed by atoms with Gasteiger partial charge in [-0.3, -0.25) is 4.40 Å². The normalized spacial score (nSPS) is 11.4. The van der Waals surface area contributed by atoms with Gasteiger partial charge in [0.05, 0.1) is 12.1 Å². The number of phenolic OH excluding ortho intramolecular Hbond substituents is 1. The van der Waals surface area contributed by atoms with Gasteiger partial charge >= 0.3 is 0 Å². The molecule has 5 nitrogen and oxygen atoms in total. The van der Waals surface area contributed by atoms with Gasteiger partial charge in [0.25, 0.3) is 0 Å². The maximum Gasteiger partial charge on any atom is 0.165 e. The molecule has 0 fully saturated rings. The van der Waals surface area contributed by atoms with Gasteiger partial charge in [0.1, 0.15) is 11.3 Å². The van der Waals surface area contributed by atoms with Crippen molar-refractivity contribution in [1.29, 1.82) is 0 Å². The molecule has 0 saturated heterocycles. The average Bonchev–Trinajstić information content (AvgIpc) is 3.05. The highest BCUT2D eigenvalue weighted by Crippen LogP contribution is 2.36. The van der Waals surface area contributed by atoms with Crippen LogP contribution in [0.5, 0.6) is 11.5 Å². The first-order valence-electron chi connectivity index (χ1n) is 8.50. The third kappa shape index (κ3) is 3.96. The molecule has 0 unspecified atom stereocenters. The first kappa shape index (κ1) is 19.8. The molecule has 1 N–H and O–H groups in total. The molecule has 2 aromatic carbocycles. The number of aromatic nitrogens is 2. The number of ether oxygens (including phenoxy) is 1. The van der Waals surface area contributed by atoms with Crippen molar-refractivity contribution in [2.45, 2.75) is 0 Å². The summed E-state index contributed by atoms with van der Waals surface area (Å²) >= 11 is 15.7. The van der Waals surface area contributed by atoms with Crippen molar-refractivity contribution in [3.8, 4) is 22.8 Å². The largest absolute Gasteiger partial charge is 0.504 e. The van der Waals surface area contributed by atoms with Crippen LogP contribution in [0.1, 0.15) is 5.56 Å². The fourth-order valence-electron chi connectivity index (χ4n) is 2.89. The molecule has 2 heterocycles. The van der Waals surface area contributed by atoms with Crippen LogP contribution in [0, 0.1) is 0 Å². The minimum absolute atomic E-state index is 0.0563. The van der Waals surface area contributed by atoms with E-state index in [0.29, 0.717) is 27.3 Å². The monoisotopic (exact) mass is 489 g/mol. The third-order valence-electron chi connectivity index (χ3n) is 4.30. The molecule has 0 amide bonds. The second-order valence-corrected chi connectivity index (χ2v) is 7.93. The van der Waals surface area contributed by atoms with Crippen LogP contribution in [0.2, 0.25) is 10.0 Å².